The molecular weight excluding hydrogens is 478 g/mol. The Labute approximate surface area is 231 Å². The molecule has 0 aromatic heterocycles. The summed E-state index contributed by atoms with van der Waals surface area (Å²) >= 11 is 0. The molecule has 0 heterocycles. The Balaban J connectivity index is 3.67. The van der Waals surface area contributed by atoms with Gasteiger partial charge in [0.05, 0.1) is 0 Å². The molecule has 2 unspecified atom stereocenters. The second-order valence-electron chi connectivity index (χ2n) is 12.4. The van der Waals surface area contributed by atoms with E-state index >= 15 is 0 Å². The molecule has 38 heavy (non-hydrogen) atoms. The van der Waals surface area contributed by atoms with Crippen LogP contribution in [0.15, 0.2) is 18.2 Å². The third kappa shape index (κ3) is 9.95. The number of hydrogen-bond acceptors (Lipinski definition) is 4. The SMILES string of the molecule is CCCCCNC(=O)C(c1c(C)cccc1C)N(C(=O)C(CC(C)C)NC(=O)OC(C)(C)C)C(C)(C)CC. The van der Waals surface area contributed by atoms with Crippen molar-refractivity contribution in [2.45, 2.75) is 131 Å². The van der Waals surface area contributed by atoms with Crippen LogP contribution >= 0.6 is 0 Å². The first kappa shape index (κ1) is 33.5. The molecule has 216 valence electrons. The second-order valence-corrected chi connectivity index (χ2v) is 12.4. The van der Waals surface area contributed by atoms with Crippen LogP contribution in [0, 0.1) is 19.8 Å². The fourth-order valence-corrected chi connectivity index (χ4v) is 4.58. The topological polar surface area (TPSA) is 87.7 Å². The molecule has 1 aromatic carbocycles. The van der Waals surface area contributed by atoms with Crippen molar-refractivity contribution in [1.82, 2.24) is 15.5 Å². The predicted molar refractivity (Wildman–Crippen MR) is 155 cm³/mol. The highest BCUT2D eigenvalue weighted by atomic mass is 16.6. The summed E-state index contributed by atoms with van der Waals surface area (Å²) in [5, 5.41) is 5.94. The number of carbonyl (C=O) groups excluding carboxylic acids is 3. The number of nitrogens with zero attached hydrogens (tertiary/aromatic N) is 1. The number of hydrogen-bond donors (Lipinski definition) is 2. The summed E-state index contributed by atoms with van der Waals surface area (Å²) in [7, 11) is 0. The Morgan fingerprint density at radius 1 is 0.974 bits per heavy atom. The van der Waals surface area contributed by atoms with E-state index in [1.807, 2.05) is 66.7 Å². The number of rotatable bonds is 13. The third-order valence-electron chi connectivity index (χ3n) is 6.85. The van der Waals surface area contributed by atoms with E-state index in [1.54, 1.807) is 25.7 Å². The van der Waals surface area contributed by atoms with Gasteiger partial charge in [-0.3, -0.25) is 9.59 Å². The summed E-state index contributed by atoms with van der Waals surface area (Å²) in [4.78, 5) is 42.9. The van der Waals surface area contributed by atoms with Crippen LogP contribution in [-0.4, -0.2) is 46.5 Å². The summed E-state index contributed by atoms with van der Waals surface area (Å²) in [6.07, 6.45) is 3.36. The largest absolute Gasteiger partial charge is 0.444 e. The van der Waals surface area contributed by atoms with Gasteiger partial charge in [-0.25, -0.2) is 4.79 Å². The molecule has 0 radical (unpaired) electrons. The molecule has 0 spiro atoms. The molecule has 7 heteroatoms. The van der Waals surface area contributed by atoms with E-state index in [4.69, 9.17) is 4.74 Å². The average molecular weight is 532 g/mol. The molecule has 0 aliphatic carbocycles. The Kier molecular flexibility index (Phi) is 12.8. The number of benzene rings is 1. The fraction of sp³-hybridized carbons (Fsp3) is 0.710. The lowest BCUT2D eigenvalue weighted by Crippen LogP contribution is -2.59. The van der Waals surface area contributed by atoms with E-state index < -0.39 is 29.3 Å². The van der Waals surface area contributed by atoms with Crippen LogP contribution in [0.5, 0.6) is 0 Å². The zero-order valence-electron chi connectivity index (χ0n) is 25.8. The standard InChI is InChI=1S/C31H53N3O4/c1-12-14-15-19-32-27(35)26(25-22(5)17-16-18-23(25)6)34(31(10,11)13-2)28(36)24(20-21(3)4)33-29(37)38-30(7,8)9/h16-18,21,24,26H,12-15,19-20H2,1-11H3,(H,32,35)(H,33,37). The van der Waals surface area contributed by atoms with Gasteiger partial charge in [0.15, 0.2) is 0 Å². The Bertz CT molecular complexity index is 913. The van der Waals surface area contributed by atoms with Crippen molar-refractivity contribution in [3.05, 3.63) is 34.9 Å². The van der Waals surface area contributed by atoms with Crippen LogP contribution in [0.2, 0.25) is 0 Å². The van der Waals surface area contributed by atoms with Crippen molar-refractivity contribution < 1.29 is 19.1 Å². The molecular formula is C31H53N3O4. The Morgan fingerprint density at radius 3 is 2.03 bits per heavy atom. The molecule has 1 aromatic rings. The highest BCUT2D eigenvalue weighted by Crippen LogP contribution is 2.35. The molecule has 0 fully saturated rings. The molecule has 2 N–H and O–H groups in total. The minimum absolute atomic E-state index is 0.131. The minimum atomic E-state index is -0.838. The molecule has 2 atom stereocenters. The third-order valence-corrected chi connectivity index (χ3v) is 6.85. The van der Waals surface area contributed by atoms with Crippen LogP contribution in [0.25, 0.3) is 0 Å². The maximum atomic E-state index is 14.5. The first-order valence-electron chi connectivity index (χ1n) is 14.2. The van der Waals surface area contributed by atoms with E-state index in [2.05, 4.69) is 17.6 Å². The molecule has 0 saturated heterocycles. The molecule has 0 saturated carbocycles. The van der Waals surface area contributed by atoms with Gasteiger partial charge in [0.2, 0.25) is 11.8 Å². The fourth-order valence-electron chi connectivity index (χ4n) is 4.58. The van der Waals surface area contributed by atoms with Gasteiger partial charge in [0.1, 0.15) is 17.7 Å². The number of carbonyl (C=O) groups is 3. The lowest BCUT2D eigenvalue weighted by molar-refractivity contribution is -0.149. The lowest BCUT2D eigenvalue weighted by Gasteiger charge is -2.45. The van der Waals surface area contributed by atoms with Gasteiger partial charge in [-0.15, -0.1) is 0 Å². The number of ether oxygens (including phenoxy) is 1. The quantitative estimate of drug-likeness (QED) is 0.280. The Hall–Kier alpha value is -2.57. The lowest BCUT2D eigenvalue weighted by atomic mass is 9.87. The van der Waals surface area contributed by atoms with Crippen molar-refractivity contribution in [1.29, 1.82) is 0 Å². The van der Waals surface area contributed by atoms with Crippen molar-refractivity contribution >= 4 is 17.9 Å². The van der Waals surface area contributed by atoms with E-state index in [0.717, 1.165) is 36.0 Å². The summed E-state index contributed by atoms with van der Waals surface area (Å²) in [6, 6.07) is 4.25. The van der Waals surface area contributed by atoms with Gasteiger partial charge in [0, 0.05) is 12.1 Å². The van der Waals surface area contributed by atoms with E-state index in [9.17, 15) is 14.4 Å². The number of nitrogens with one attached hydrogen (secondary N) is 2. The second kappa shape index (κ2) is 14.5. The summed E-state index contributed by atoms with van der Waals surface area (Å²) in [6.45, 7) is 22.0. The van der Waals surface area contributed by atoms with E-state index in [1.165, 1.54) is 0 Å². The van der Waals surface area contributed by atoms with Gasteiger partial charge in [-0.05, 0) is 90.3 Å². The normalized spacial score (nSPS) is 13.6. The molecule has 0 aliphatic heterocycles. The van der Waals surface area contributed by atoms with Crippen LogP contribution in [-0.2, 0) is 14.3 Å². The Morgan fingerprint density at radius 2 is 1.55 bits per heavy atom. The van der Waals surface area contributed by atoms with Crippen molar-refractivity contribution in [3.8, 4) is 0 Å². The van der Waals surface area contributed by atoms with Gasteiger partial charge in [-0.2, -0.15) is 0 Å². The average Bonchev–Trinajstić information content (AvgIpc) is 2.78. The van der Waals surface area contributed by atoms with Gasteiger partial charge in [-0.1, -0.05) is 58.7 Å². The van der Waals surface area contributed by atoms with Gasteiger partial charge in [0.25, 0.3) is 0 Å². The van der Waals surface area contributed by atoms with E-state index in [0.29, 0.717) is 19.4 Å². The number of unbranched alkanes of at least 4 members (excludes halogenated alkanes) is 2. The molecule has 0 bridgehead atoms. The number of aryl methyl sites for hydroxylation is 2. The van der Waals surface area contributed by atoms with Crippen LogP contribution in [0.4, 0.5) is 4.79 Å². The van der Waals surface area contributed by atoms with E-state index in [-0.39, 0.29) is 17.7 Å². The summed E-state index contributed by atoms with van der Waals surface area (Å²) in [5.41, 5.74) is 1.36. The predicted octanol–water partition coefficient (Wildman–Crippen LogP) is 6.61. The zero-order chi connectivity index (χ0) is 29.3. The van der Waals surface area contributed by atoms with Crippen LogP contribution in [0.1, 0.15) is 117 Å². The highest BCUT2D eigenvalue weighted by Gasteiger charge is 2.44. The van der Waals surface area contributed by atoms with Gasteiger partial charge < -0.3 is 20.3 Å². The first-order valence-corrected chi connectivity index (χ1v) is 14.2. The van der Waals surface area contributed by atoms with Crippen LogP contribution in [0.3, 0.4) is 0 Å². The number of alkyl carbamates (subject to hydrolysis) is 1. The molecule has 0 aliphatic rings. The van der Waals surface area contributed by atoms with Gasteiger partial charge >= 0.3 is 6.09 Å². The summed E-state index contributed by atoms with van der Waals surface area (Å²) in [5.74, 6) is -0.353. The summed E-state index contributed by atoms with van der Waals surface area (Å²) < 4.78 is 5.50. The van der Waals surface area contributed by atoms with Crippen LogP contribution < -0.4 is 10.6 Å². The first-order chi connectivity index (χ1) is 17.6. The molecule has 1 rings (SSSR count). The maximum absolute atomic E-state index is 14.5. The monoisotopic (exact) mass is 531 g/mol. The van der Waals surface area contributed by atoms with Crippen molar-refractivity contribution in [2.24, 2.45) is 5.92 Å². The maximum Gasteiger partial charge on any atom is 0.408 e. The number of amides is 3. The molecule has 7 nitrogen and oxygen atoms in total. The molecule has 3 amide bonds. The smallest absolute Gasteiger partial charge is 0.408 e. The van der Waals surface area contributed by atoms with Crippen molar-refractivity contribution in [2.75, 3.05) is 6.54 Å². The van der Waals surface area contributed by atoms with Crippen molar-refractivity contribution in [3.63, 3.8) is 0 Å². The minimum Gasteiger partial charge on any atom is -0.444 e. The highest BCUT2D eigenvalue weighted by molar-refractivity contribution is 5.93. The zero-order valence-corrected chi connectivity index (χ0v) is 25.8.